The van der Waals surface area contributed by atoms with E-state index >= 15 is 0 Å². The number of likely N-dealkylation sites (tertiary alicyclic amines) is 1. The molecule has 1 aromatic carbocycles. The van der Waals surface area contributed by atoms with Crippen LogP contribution in [-0.4, -0.2) is 52.4 Å². The molecular formula is C23H27N3O3. The molecule has 4 atom stereocenters. The molecule has 5 rings (SSSR count). The first-order chi connectivity index (χ1) is 14.2. The number of pyridine rings is 1. The highest BCUT2D eigenvalue weighted by atomic mass is 16.5. The lowest BCUT2D eigenvalue weighted by Crippen LogP contribution is -2.42. The van der Waals surface area contributed by atoms with Gasteiger partial charge in [0.1, 0.15) is 11.8 Å². The van der Waals surface area contributed by atoms with Crippen molar-refractivity contribution in [2.24, 2.45) is 11.8 Å². The number of hydrogen-bond donors (Lipinski definition) is 2. The quantitative estimate of drug-likeness (QED) is 0.697. The molecule has 0 unspecified atom stereocenters. The van der Waals surface area contributed by atoms with Gasteiger partial charge in [-0.2, -0.15) is 0 Å². The van der Waals surface area contributed by atoms with Crippen molar-refractivity contribution in [1.82, 2.24) is 14.9 Å². The Labute approximate surface area is 170 Å². The summed E-state index contributed by atoms with van der Waals surface area (Å²) in [7, 11) is 1.64. The zero-order valence-corrected chi connectivity index (χ0v) is 16.6. The normalized spacial score (nSPS) is 27.1. The van der Waals surface area contributed by atoms with Crippen molar-refractivity contribution in [1.29, 1.82) is 0 Å². The van der Waals surface area contributed by atoms with Crippen molar-refractivity contribution < 1.29 is 14.6 Å². The van der Waals surface area contributed by atoms with Gasteiger partial charge in [-0.25, -0.2) is 4.98 Å². The second kappa shape index (κ2) is 7.69. The topological polar surface area (TPSA) is 70.6 Å². The third-order valence-electron chi connectivity index (χ3n) is 6.37. The van der Waals surface area contributed by atoms with E-state index in [-0.39, 0.29) is 6.10 Å². The molecule has 2 N–H and O–H groups in total. The van der Waals surface area contributed by atoms with E-state index in [2.05, 4.69) is 27.0 Å². The molecule has 0 bridgehead atoms. The summed E-state index contributed by atoms with van der Waals surface area (Å²) in [6.45, 7) is 2.96. The highest BCUT2D eigenvalue weighted by Gasteiger charge is 2.42. The molecule has 3 heterocycles. The van der Waals surface area contributed by atoms with E-state index in [4.69, 9.17) is 9.47 Å². The van der Waals surface area contributed by atoms with E-state index in [1.54, 1.807) is 7.11 Å². The number of rotatable bonds is 5. The standard InChI is InChI=1S/C23H27N3O3/c1-28-20-4-2-3-5-21(20)29-22-10-18-14-26(13-17(18)9-19(22)27)12-15-8-16-6-7-24-23(16)25-11-15/h2-8,11,17-19,22,27H,9-10,12-14H2,1H3,(H,24,25)/t17-,18+,19+,22+/m0/s1. The molecule has 2 aliphatic rings. The van der Waals surface area contributed by atoms with Gasteiger partial charge in [-0.1, -0.05) is 12.1 Å². The Balaban J connectivity index is 1.24. The molecule has 29 heavy (non-hydrogen) atoms. The van der Waals surface area contributed by atoms with Crippen LogP contribution in [0, 0.1) is 11.8 Å². The first-order valence-electron chi connectivity index (χ1n) is 10.3. The fourth-order valence-electron chi connectivity index (χ4n) is 4.95. The Kier molecular flexibility index (Phi) is 4.89. The van der Waals surface area contributed by atoms with E-state index in [0.717, 1.165) is 43.5 Å². The van der Waals surface area contributed by atoms with Crippen molar-refractivity contribution in [3.05, 3.63) is 54.4 Å². The van der Waals surface area contributed by atoms with Crippen LogP contribution in [0.25, 0.3) is 11.0 Å². The van der Waals surface area contributed by atoms with Gasteiger partial charge in [0.25, 0.3) is 0 Å². The second-order valence-corrected chi connectivity index (χ2v) is 8.32. The monoisotopic (exact) mass is 393 g/mol. The third kappa shape index (κ3) is 3.70. The predicted octanol–water partition coefficient (Wildman–Crippen LogP) is 3.22. The number of nitrogens with one attached hydrogen (secondary N) is 1. The molecule has 0 spiro atoms. The van der Waals surface area contributed by atoms with Gasteiger partial charge in [-0.3, -0.25) is 4.90 Å². The molecule has 2 aromatic heterocycles. The Bertz CT molecular complexity index is 988. The van der Waals surface area contributed by atoms with Crippen molar-refractivity contribution in [3.8, 4) is 11.5 Å². The largest absolute Gasteiger partial charge is 0.493 e. The molecule has 2 fully saturated rings. The van der Waals surface area contributed by atoms with Gasteiger partial charge in [0.2, 0.25) is 0 Å². The van der Waals surface area contributed by atoms with Crippen LogP contribution in [0.4, 0.5) is 0 Å². The number of para-hydroxylation sites is 2. The molecule has 1 aliphatic carbocycles. The van der Waals surface area contributed by atoms with E-state index in [1.807, 2.05) is 36.7 Å². The summed E-state index contributed by atoms with van der Waals surface area (Å²) in [6.07, 6.45) is 4.91. The van der Waals surface area contributed by atoms with Crippen LogP contribution in [-0.2, 0) is 6.54 Å². The summed E-state index contributed by atoms with van der Waals surface area (Å²) in [5, 5.41) is 11.9. The molecule has 152 valence electrons. The minimum atomic E-state index is -0.445. The maximum absolute atomic E-state index is 10.7. The average molecular weight is 393 g/mol. The molecule has 0 radical (unpaired) electrons. The number of nitrogens with zero attached hydrogens (tertiary/aromatic N) is 2. The molecule has 0 amide bonds. The number of hydrogen-bond acceptors (Lipinski definition) is 5. The average Bonchev–Trinajstić information content (AvgIpc) is 3.34. The second-order valence-electron chi connectivity index (χ2n) is 8.32. The van der Waals surface area contributed by atoms with E-state index < -0.39 is 6.10 Å². The summed E-state index contributed by atoms with van der Waals surface area (Å²) in [5.74, 6) is 2.48. The fourth-order valence-corrected chi connectivity index (χ4v) is 4.95. The molecule has 1 saturated carbocycles. The highest BCUT2D eigenvalue weighted by molar-refractivity contribution is 5.75. The number of aliphatic hydroxyl groups is 1. The van der Waals surface area contributed by atoms with Gasteiger partial charge in [0, 0.05) is 37.4 Å². The van der Waals surface area contributed by atoms with E-state index in [9.17, 15) is 5.11 Å². The van der Waals surface area contributed by atoms with Gasteiger partial charge < -0.3 is 19.6 Å². The lowest BCUT2D eigenvalue weighted by Gasteiger charge is -2.35. The number of aromatic amines is 1. The summed E-state index contributed by atoms with van der Waals surface area (Å²) in [5.41, 5.74) is 2.17. The Morgan fingerprint density at radius 1 is 1.14 bits per heavy atom. The summed E-state index contributed by atoms with van der Waals surface area (Å²) >= 11 is 0. The van der Waals surface area contributed by atoms with Crippen molar-refractivity contribution >= 4 is 11.0 Å². The molecule has 1 aliphatic heterocycles. The Hall–Kier alpha value is -2.57. The zero-order valence-electron chi connectivity index (χ0n) is 16.6. The smallest absolute Gasteiger partial charge is 0.161 e. The zero-order chi connectivity index (χ0) is 19.8. The summed E-state index contributed by atoms with van der Waals surface area (Å²) < 4.78 is 11.6. The van der Waals surface area contributed by atoms with Crippen LogP contribution >= 0.6 is 0 Å². The van der Waals surface area contributed by atoms with Gasteiger partial charge in [-0.05, 0) is 54.5 Å². The maximum atomic E-state index is 10.7. The molecule has 3 aromatic rings. The first-order valence-corrected chi connectivity index (χ1v) is 10.3. The number of H-pyrrole nitrogens is 1. The molecular weight excluding hydrogens is 366 g/mol. The Morgan fingerprint density at radius 2 is 1.93 bits per heavy atom. The molecule has 6 nitrogen and oxygen atoms in total. The number of ether oxygens (including phenoxy) is 2. The summed E-state index contributed by atoms with van der Waals surface area (Å²) in [6, 6.07) is 11.9. The van der Waals surface area contributed by atoms with Crippen molar-refractivity contribution in [2.45, 2.75) is 31.6 Å². The number of fused-ring (bicyclic) bond motifs is 2. The van der Waals surface area contributed by atoms with E-state index in [0.29, 0.717) is 23.3 Å². The first kappa shape index (κ1) is 18.5. The maximum Gasteiger partial charge on any atom is 0.161 e. The van der Waals surface area contributed by atoms with Crippen LogP contribution in [0.5, 0.6) is 11.5 Å². The SMILES string of the molecule is COc1ccccc1O[C@@H]1C[C@@H]2CN(Cc3cnc4[nH]ccc4c3)C[C@@H]2C[C@H]1O. The lowest BCUT2D eigenvalue weighted by atomic mass is 9.78. The van der Waals surface area contributed by atoms with E-state index in [1.165, 1.54) is 5.56 Å². The van der Waals surface area contributed by atoms with Crippen LogP contribution in [0.15, 0.2) is 48.8 Å². The third-order valence-corrected chi connectivity index (χ3v) is 6.37. The van der Waals surface area contributed by atoms with Crippen LogP contribution in [0.3, 0.4) is 0 Å². The van der Waals surface area contributed by atoms with Gasteiger partial charge in [0.05, 0.1) is 13.2 Å². The van der Waals surface area contributed by atoms with Crippen LogP contribution in [0.2, 0.25) is 0 Å². The molecule has 1 saturated heterocycles. The highest BCUT2D eigenvalue weighted by Crippen LogP contribution is 2.39. The van der Waals surface area contributed by atoms with Crippen LogP contribution < -0.4 is 9.47 Å². The van der Waals surface area contributed by atoms with Crippen LogP contribution in [0.1, 0.15) is 18.4 Å². The van der Waals surface area contributed by atoms with Crippen molar-refractivity contribution in [2.75, 3.05) is 20.2 Å². The van der Waals surface area contributed by atoms with Gasteiger partial charge >= 0.3 is 0 Å². The summed E-state index contributed by atoms with van der Waals surface area (Å²) in [4.78, 5) is 10.1. The fraction of sp³-hybridized carbons (Fsp3) is 0.435. The van der Waals surface area contributed by atoms with Gasteiger partial charge in [0.15, 0.2) is 11.5 Å². The van der Waals surface area contributed by atoms with Gasteiger partial charge in [-0.15, -0.1) is 0 Å². The predicted molar refractivity (Wildman–Crippen MR) is 111 cm³/mol. The lowest BCUT2D eigenvalue weighted by molar-refractivity contribution is -0.0240. The van der Waals surface area contributed by atoms with Crippen molar-refractivity contribution in [3.63, 3.8) is 0 Å². The number of benzene rings is 1. The minimum Gasteiger partial charge on any atom is -0.493 e. The minimum absolute atomic E-state index is 0.189. The number of aromatic nitrogens is 2. The Morgan fingerprint density at radius 3 is 2.76 bits per heavy atom. The molecule has 6 heteroatoms. The number of methoxy groups -OCH3 is 1. The number of aliphatic hydroxyl groups excluding tert-OH is 1.